The van der Waals surface area contributed by atoms with Crippen LogP contribution in [0.3, 0.4) is 0 Å². The molecule has 0 saturated heterocycles. The number of rotatable bonds is 2. The second-order valence-corrected chi connectivity index (χ2v) is 3.92. The number of nitrogens with zero attached hydrogens (tertiary/aromatic N) is 2. The van der Waals surface area contributed by atoms with Gasteiger partial charge in [-0.05, 0) is 30.4 Å². The van der Waals surface area contributed by atoms with Crippen molar-refractivity contribution < 1.29 is 4.79 Å². The number of benzene rings is 1. The standard InChI is InChI=1S/C11H10N4OS/c1-13-10(16)6-15-9-4-7(5-12)2-3-8(9)14-11(15)17/h2-4H,6H2,1H3,(H,13,16)(H,14,17). The SMILES string of the molecule is CNC(=O)Cn1c(=S)[nH]c2ccc(C#N)cc21. The number of nitriles is 1. The summed E-state index contributed by atoms with van der Waals surface area (Å²) in [5.74, 6) is -0.135. The van der Waals surface area contributed by atoms with E-state index in [1.165, 1.54) is 0 Å². The van der Waals surface area contributed by atoms with Crippen LogP contribution in [0.5, 0.6) is 0 Å². The van der Waals surface area contributed by atoms with Crippen LogP contribution < -0.4 is 5.32 Å². The molecule has 0 aliphatic rings. The first-order valence-electron chi connectivity index (χ1n) is 4.99. The van der Waals surface area contributed by atoms with Gasteiger partial charge >= 0.3 is 0 Å². The Morgan fingerprint density at radius 3 is 3.06 bits per heavy atom. The van der Waals surface area contributed by atoms with Crippen molar-refractivity contribution in [3.05, 3.63) is 28.5 Å². The summed E-state index contributed by atoms with van der Waals surface area (Å²) in [5.41, 5.74) is 2.12. The number of hydrogen-bond acceptors (Lipinski definition) is 3. The molecule has 2 N–H and O–H groups in total. The lowest BCUT2D eigenvalue weighted by Crippen LogP contribution is -2.23. The monoisotopic (exact) mass is 246 g/mol. The van der Waals surface area contributed by atoms with Gasteiger partial charge < -0.3 is 14.9 Å². The van der Waals surface area contributed by atoms with Crippen molar-refractivity contribution in [1.29, 1.82) is 5.26 Å². The number of likely N-dealkylation sites (N-methyl/N-ethyl adjacent to an activating group) is 1. The first-order valence-corrected chi connectivity index (χ1v) is 5.40. The molecule has 0 fully saturated rings. The summed E-state index contributed by atoms with van der Waals surface area (Å²) in [4.78, 5) is 14.4. The van der Waals surface area contributed by atoms with Crippen molar-refractivity contribution in [2.24, 2.45) is 0 Å². The first kappa shape index (κ1) is 11.4. The van der Waals surface area contributed by atoms with Crippen LogP contribution in [0.4, 0.5) is 0 Å². The lowest BCUT2D eigenvalue weighted by atomic mass is 10.2. The van der Waals surface area contributed by atoms with Crippen LogP contribution in [0.1, 0.15) is 5.56 Å². The first-order chi connectivity index (χ1) is 8.15. The minimum atomic E-state index is -0.135. The molecule has 0 bridgehead atoms. The molecule has 2 rings (SSSR count). The molecule has 1 amide bonds. The van der Waals surface area contributed by atoms with E-state index in [0.29, 0.717) is 10.3 Å². The van der Waals surface area contributed by atoms with E-state index in [9.17, 15) is 4.79 Å². The van der Waals surface area contributed by atoms with Gasteiger partial charge in [-0.3, -0.25) is 4.79 Å². The molecule has 1 heterocycles. The zero-order valence-electron chi connectivity index (χ0n) is 9.15. The van der Waals surface area contributed by atoms with Crippen molar-refractivity contribution in [2.75, 3.05) is 7.05 Å². The summed E-state index contributed by atoms with van der Waals surface area (Å²) in [6, 6.07) is 7.26. The van der Waals surface area contributed by atoms with Gasteiger partial charge in [0.1, 0.15) is 6.54 Å². The molecule has 0 aliphatic carbocycles. The average Bonchev–Trinajstić information content (AvgIpc) is 2.65. The number of fused-ring (bicyclic) bond motifs is 1. The minimum absolute atomic E-state index is 0.135. The van der Waals surface area contributed by atoms with Crippen molar-refractivity contribution in [2.45, 2.75) is 6.54 Å². The summed E-state index contributed by atoms with van der Waals surface area (Å²) in [6.45, 7) is 0.143. The molecule has 17 heavy (non-hydrogen) atoms. The molecule has 6 heteroatoms. The normalized spacial score (nSPS) is 10.1. The van der Waals surface area contributed by atoms with E-state index < -0.39 is 0 Å². The predicted molar refractivity (Wildman–Crippen MR) is 65.9 cm³/mol. The summed E-state index contributed by atoms with van der Waals surface area (Å²) in [6.07, 6.45) is 0. The third-order valence-corrected chi connectivity index (χ3v) is 2.81. The molecule has 1 aromatic carbocycles. The Bertz CT molecular complexity index is 677. The van der Waals surface area contributed by atoms with Crippen LogP contribution in [-0.4, -0.2) is 22.5 Å². The largest absolute Gasteiger partial charge is 0.358 e. The second-order valence-electron chi connectivity index (χ2n) is 3.53. The molecule has 86 valence electrons. The van der Waals surface area contributed by atoms with E-state index >= 15 is 0 Å². The number of hydrogen-bond donors (Lipinski definition) is 2. The molecule has 0 atom stereocenters. The van der Waals surface area contributed by atoms with Crippen molar-refractivity contribution in [3.8, 4) is 6.07 Å². The molecule has 0 saturated carbocycles. The summed E-state index contributed by atoms with van der Waals surface area (Å²) in [5, 5.41) is 11.4. The predicted octanol–water partition coefficient (Wildman–Crippen LogP) is 1.32. The van der Waals surface area contributed by atoms with Gasteiger partial charge in [-0.1, -0.05) is 0 Å². The Balaban J connectivity index is 2.61. The fourth-order valence-corrected chi connectivity index (χ4v) is 1.87. The molecular weight excluding hydrogens is 236 g/mol. The number of carbonyl (C=O) groups is 1. The van der Waals surface area contributed by atoms with Gasteiger partial charge in [0, 0.05) is 7.05 Å². The smallest absolute Gasteiger partial charge is 0.239 e. The molecule has 0 radical (unpaired) electrons. The van der Waals surface area contributed by atoms with Gasteiger partial charge in [0.2, 0.25) is 5.91 Å². The maximum absolute atomic E-state index is 11.4. The molecule has 5 nitrogen and oxygen atoms in total. The lowest BCUT2D eigenvalue weighted by molar-refractivity contribution is -0.121. The number of aromatic amines is 1. The molecule has 0 unspecified atom stereocenters. The topological polar surface area (TPSA) is 73.6 Å². The van der Waals surface area contributed by atoms with Crippen molar-refractivity contribution >= 4 is 29.2 Å². The zero-order valence-corrected chi connectivity index (χ0v) is 9.97. The highest BCUT2D eigenvalue weighted by atomic mass is 32.1. The van der Waals surface area contributed by atoms with Gasteiger partial charge in [0.25, 0.3) is 0 Å². The molecule has 0 aliphatic heterocycles. The van der Waals surface area contributed by atoms with E-state index in [-0.39, 0.29) is 12.5 Å². The number of amides is 1. The molecule has 0 spiro atoms. The van der Waals surface area contributed by atoms with Crippen LogP contribution in [-0.2, 0) is 11.3 Å². The fraction of sp³-hybridized carbons (Fsp3) is 0.182. The van der Waals surface area contributed by atoms with Gasteiger partial charge in [0.15, 0.2) is 4.77 Å². The van der Waals surface area contributed by atoms with E-state index in [4.69, 9.17) is 17.5 Å². The van der Waals surface area contributed by atoms with Crippen LogP contribution in [0.15, 0.2) is 18.2 Å². The number of carbonyl (C=O) groups excluding carboxylic acids is 1. The second kappa shape index (κ2) is 4.39. The van der Waals surface area contributed by atoms with Crippen LogP contribution >= 0.6 is 12.2 Å². The van der Waals surface area contributed by atoms with E-state index in [1.54, 1.807) is 29.8 Å². The Morgan fingerprint density at radius 2 is 2.41 bits per heavy atom. The maximum atomic E-state index is 11.4. The summed E-state index contributed by atoms with van der Waals surface area (Å²) in [7, 11) is 1.57. The quantitative estimate of drug-likeness (QED) is 0.785. The Hall–Kier alpha value is -2.13. The highest BCUT2D eigenvalue weighted by Crippen LogP contribution is 2.15. The van der Waals surface area contributed by atoms with Gasteiger partial charge in [-0.15, -0.1) is 0 Å². The van der Waals surface area contributed by atoms with E-state index in [0.717, 1.165) is 11.0 Å². The molecule has 1 aromatic heterocycles. The number of nitrogens with one attached hydrogen (secondary N) is 2. The van der Waals surface area contributed by atoms with Crippen LogP contribution in [0.25, 0.3) is 11.0 Å². The van der Waals surface area contributed by atoms with Gasteiger partial charge in [0.05, 0.1) is 22.7 Å². The van der Waals surface area contributed by atoms with Gasteiger partial charge in [-0.2, -0.15) is 5.26 Å². The molecular formula is C11H10N4OS. The summed E-state index contributed by atoms with van der Waals surface area (Å²) >= 11 is 5.14. The van der Waals surface area contributed by atoms with Crippen LogP contribution in [0.2, 0.25) is 0 Å². The zero-order chi connectivity index (χ0) is 12.4. The highest BCUT2D eigenvalue weighted by Gasteiger charge is 2.08. The van der Waals surface area contributed by atoms with Crippen molar-refractivity contribution in [1.82, 2.24) is 14.9 Å². The average molecular weight is 246 g/mol. The fourth-order valence-electron chi connectivity index (χ4n) is 1.60. The van der Waals surface area contributed by atoms with Gasteiger partial charge in [-0.25, -0.2) is 0 Å². The van der Waals surface area contributed by atoms with Crippen molar-refractivity contribution in [3.63, 3.8) is 0 Å². The third kappa shape index (κ3) is 2.05. The number of imidazole rings is 1. The Morgan fingerprint density at radius 1 is 1.65 bits per heavy atom. The molecule has 2 aromatic rings. The maximum Gasteiger partial charge on any atom is 0.239 e. The number of H-pyrrole nitrogens is 1. The third-order valence-electron chi connectivity index (χ3n) is 2.48. The van der Waals surface area contributed by atoms with Crippen LogP contribution in [0, 0.1) is 16.1 Å². The highest BCUT2D eigenvalue weighted by molar-refractivity contribution is 7.71. The lowest BCUT2D eigenvalue weighted by Gasteiger charge is -2.03. The van der Waals surface area contributed by atoms with E-state index in [1.807, 2.05) is 0 Å². The Labute approximate surface area is 103 Å². The summed E-state index contributed by atoms with van der Waals surface area (Å²) < 4.78 is 2.14. The minimum Gasteiger partial charge on any atom is -0.358 e. The number of aromatic nitrogens is 2. The Kier molecular flexibility index (Phi) is 2.93. The van der Waals surface area contributed by atoms with E-state index in [2.05, 4.69) is 16.4 Å².